The number of piperidine rings is 1. The van der Waals surface area contributed by atoms with E-state index < -0.39 is 0 Å². The molecule has 3 nitrogen and oxygen atoms in total. The Hall–Kier alpha value is -0.570. The lowest BCUT2D eigenvalue weighted by Gasteiger charge is -2.08. The Balaban J connectivity index is 2.11. The van der Waals surface area contributed by atoms with E-state index in [4.69, 9.17) is 0 Å². The largest absolute Gasteiger partial charge is 0.468 e. The van der Waals surface area contributed by atoms with Gasteiger partial charge in [-0.25, -0.2) is 0 Å². The van der Waals surface area contributed by atoms with Crippen molar-refractivity contribution in [1.29, 1.82) is 0 Å². The second kappa shape index (κ2) is 1.72. The van der Waals surface area contributed by atoms with Gasteiger partial charge in [0, 0.05) is 0 Å². The smallest absolute Gasteiger partial charge is 0.326 e. The summed E-state index contributed by atoms with van der Waals surface area (Å²) in [4.78, 5) is 11.1. The third-order valence-electron chi connectivity index (χ3n) is 2.59. The number of hydrogen-bond acceptors (Lipinski definition) is 3. The van der Waals surface area contributed by atoms with E-state index >= 15 is 0 Å². The van der Waals surface area contributed by atoms with Crippen LogP contribution < -0.4 is 5.32 Å². The first-order chi connectivity index (χ1) is 4.79. The lowest BCUT2D eigenvalue weighted by molar-refractivity contribution is -0.144. The van der Waals surface area contributed by atoms with Crippen LogP contribution in [0.4, 0.5) is 0 Å². The Bertz CT molecular complexity index is 180. The van der Waals surface area contributed by atoms with E-state index in [9.17, 15) is 4.79 Å². The van der Waals surface area contributed by atoms with Crippen molar-refractivity contribution in [3.8, 4) is 0 Å². The Morgan fingerprint density at radius 3 is 3.00 bits per heavy atom. The number of carbonyl (C=O) groups is 1. The second-order valence-electron chi connectivity index (χ2n) is 3.08. The fraction of sp³-hybridized carbons (Fsp3) is 0.857. The molecule has 2 aliphatic rings. The molecule has 1 aliphatic heterocycles. The van der Waals surface area contributed by atoms with Gasteiger partial charge in [-0.1, -0.05) is 0 Å². The molecule has 0 bridgehead atoms. The lowest BCUT2D eigenvalue weighted by atomic mass is 10.2. The first-order valence-electron chi connectivity index (χ1n) is 3.63. The van der Waals surface area contributed by atoms with Crippen LogP contribution in [-0.2, 0) is 9.53 Å². The van der Waals surface area contributed by atoms with Crippen LogP contribution in [0.1, 0.15) is 12.8 Å². The SMILES string of the molecule is COC(=O)[C@@]12CC1CCN2. The monoisotopic (exact) mass is 141 g/mol. The zero-order chi connectivity index (χ0) is 7.19. The molecule has 2 fully saturated rings. The van der Waals surface area contributed by atoms with Crippen LogP contribution in [-0.4, -0.2) is 25.2 Å². The minimum absolute atomic E-state index is 0.0741. The van der Waals surface area contributed by atoms with Crippen LogP contribution >= 0.6 is 0 Å². The molecule has 0 aromatic rings. The minimum atomic E-state index is -0.241. The fourth-order valence-electron chi connectivity index (χ4n) is 1.87. The van der Waals surface area contributed by atoms with Gasteiger partial charge in [-0.3, -0.25) is 4.79 Å². The Kier molecular flexibility index (Phi) is 1.06. The molecule has 56 valence electrons. The predicted octanol–water partition coefficient (Wildman–Crippen LogP) is -0.0886. The summed E-state index contributed by atoms with van der Waals surface area (Å²) >= 11 is 0. The Labute approximate surface area is 59.7 Å². The molecule has 1 unspecified atom stereocenters. The second-order valence-corrected chi connectivity index (χ2v) is 3.08. The van der Waals surface area contributed by atoms with E-state index in [2.05, 4.69) is 10.1 Å². The topological polar surface area (TPSA) is 38.3 Å². The highest BCUT2D eigenvalue weighted by atomic mass is 16.5. The van der Waals surface area contributed by atoms with Gasteiger partial charge in [-0.2, -0.15) is 0 Å². The molecule has 0 radical (unpaired) electrons. The van der Waals surface area contributed by atoms with Crippen LogP contribution in [0.2, 0.25) is 0 Å². The number of nitrogens with one attached hydrogen (secondary N) is 1. The molecule has 0 aromatic carbocycles. The molecule has 1 saturated carbocycles. The standard InChI is InChI=1S/C7H11NO2/c1-10-6(9)7-4-5(7)2-3-8-7/h5,8H,2-4H2,1H3/t5?,7-/m1/s1. The summed E-state index contributed by atoms with van der Waals surface area (Å²) in [6.45, 7) is 0.972. The predicted molar refractivity (Wildman–Crippen MR) is 35.5 cm³/mol. The van der Waals surface area contributed by atoms with Crippen LogP contribution in [0, 0.1) is 5.92 Å². The van der Waals surface area contributed by atoms with Gasteiger partial charge in [0.05, 0.1) is 7.11 Å². The van der Waals surface area contributed by atoms with Crippen molar-refractivity contribution in [2.24, 2.45) is 5.92 Å². The van der Waals surface area contributed by atoms with Crippen LogP contribution in [0.5, 0.6) is 0 Å². The average Bonchev–Trinajstić information content (AvgIpc) is 2.54. The van der Waals surface area contributed by atoms with Gasteiger partial charge in [-0.15, -0.1) is 0 Å². The van der Waals surface area contributed by atoms with Crippen molar-refractivity contribution in [3.63, 3.8) is 0 Å². The number of rotatable bonds is 1. The maximum absolute atomic E-state index is 11.1. The summed E-state index contributed by atoms with van der Waals surface area (Å²) < 4.78 is 4.68. The van der Waals surface area contributed by atoms with Crippen molar-refractivity contribution in [3.05, 3.63) is 0 Å². The maximum Gasteiger partial charge on any atom is 0.326 e. The van der Waals surface area contributed by atoms with Crippen molar-refractivity contribution in [1.82, 2.24) is 5.32 Å². The summed E-state index contributed by atoms with van der Waals surface area (Å²) in [6, 6.07) is 0. The highest BCUT2D eigenvalue weighted by Gasteiger charge is 2.63. The number of hydrogen-bond donors (Lipinski definition) is 1. The molecule has 1 saturated heterocycles. The molecule has 2 atom stereocenters. The van der Waals surface area contributed by atoms with Crippen LogP contribution in [0.15, 0.2) is 0 Å². The number of esters is 1. The molecule has 2 rings (SSSR count). The van der Waals surface area contributed by atoms with Gasteiger partial charge in [-0.05, 0) is 25.3 Å². The normalized spacial score (nSPS) is 42.7. The van der Waals surface area contributed by atoms with Crippen LogP contribution in [0.25, 0.3) is 0 Å². The molecule has 0 amide bonds. The van der Waals surface area contributed by atoms with E-state index in [0.717, 1.165) is 19.4 Å². The highest BCUT2D eigenvalue weighted by Crippen LogP contribution is 2.50. The average molecular weight is 141 g/mol. The molecule has 0 spiro atoms. The summed E-state index contributed by atoms with van der Waals surface area (Å²) in [5.41, 5.74) is -0.241. The maximum atomic E-state index is 11.1. The minimum Gasteiger partial charge on any atom is -0.468 e. The van der Waals surface area contributed by atoms with Crippen molar-refractivity contribution < 1.29 is 9.53 Å². The number of methoxy groups -OCH3 is 1. The molecule has 1 aliphatic carbocycles. The highest BCUT2D eigenvalue weighted by molar-refractivity contribution is 5.85. The quantitative estimate of drug-likeness (QED) is 0.519. The fourth-order valence-corrected chi connectivity index (χ4v) is 1.87. The number of ether oxygens (including phenoxy) is 1. The Morgan fingerprint density at radius 2 is 2.60 bits per heavy atom. The van der Waals surface area contributed by atoms with Gasteiger partial charge in [0.2, 0.25) is 0 Å². The van der Waals surface area contributed by atoms with E-state index in [-0.39, 0.29) is 11.5 Å². The molecule has 1 heterocycles. The third-order valence-corrected chi connectivity index (χ3v) is 2.59. The first-order valence-corrected chi connectivity index (χ1v) is 3.63. The summed E-state index contributed by atoms with van der Waals surface area (Å²) in [7, 11) is 1.45. The molecular formula is C7H11NO2. The van der Waals surface area contributed by atoms with E-state index in [1.54, 1.807) is 0 Å². The van der Waals surface area contributed by atoms with E-state index in [0.29, 0.717) is 5.92 Å². The van der Waals surface area contributed by atoms with Crippen LogP contribution in [0.3, 0.4) is 0 Å². The zero-order valence-electron chi connectivity index (χ0n) is 6.02. The van der Waals surface area contributed by atoms with Gasteiger partial charge >= 0.3 is 5.97 Å². The van der Waals surface area contributed by atoms with Gasteiger partial charge in [0.25, 0.3) is 0 Å². The van der Waals surface area contributed by atoms with Crippen molar-refractivity contribution in [2.45, 2.75) is 18.4 Å². The molecule has 3 heteroatoms. The molecule has 10 heavy (non-hydrogen) atoms. The lowest BCUT2D eigenvalue weighted by Crippen LogP contribution is -2.37. The van der Waals surface area contributed by atoms with Gasteiger partial charge in [0.1, 0.15) is 5.54 Å². The Morgan fingerprint density at radius 1 is 1.80 bits per heavy atom. The number of carbonyl (C=O) groups excluding carboxylic acids is 1. The third kappa shape index (κ3) is 0.560. The zero-order valence-corrected chi connectivity index (χ0v) is 6.02. The summed E-state index contributed by atoms with van der Waals surface area (Å²) in [5, 5.41) is 3.18. The van der Waals surface area contributed by atoms with Gasteiger partial charge in [0.15, 0.2) is 0 Å². The molecular weight excluding hydrogens is 130 g/mol. The first kappa shape index (κ1) is 6.16. The van der Waals surface area contributed by atoms with E-state index in [1.165, 1.54) is 7.11 Å². The molecule has 0 aromatic heterocycles. The van der Waals surface area contributed by atoms with E-state index in [1.807, 2.05) is 0 Å². The summed E-state index contributed by atoms with van der Waals surface area (Å²) in [6.07, 6.45) is 2.12. The number of fused-ring (bicyclic) bond motifs is 1. The van der Waals surface area contributed by atoms with Crippen molar-refractivity contribution in [2.75, 3.05) is 13.7 Å². The van der Waals surface area contributed by atoms with Gasteiger partial charge < -0.3 is 10.1 Å². The summed E-state index contributed by atoms with van der Waals surface area (Å²) in [5.74, 6) is 0.495. The van der Waals surface area contributed by atoms with Crippen molar-refractivity contribution >= 4 is 5.97 Å². The molecule has 1 N–H and O–H groups in total.